The van der Waals surface area contributed by atoms with Crippen LogP contribution >= 0.6 is 0 Å². The van der Waals surface area contributed by atoms with E-state index in [-0.39, 0.29) is 28.0 Å². The molecule has 3 nitrogen and oxygen atoms in total. The first-order valence-corrected chi connectivity index (χ1v) is 0.532. The third-order valence-electron chi connectivity index (χ3n) is 0. The molecule has 0 fully saturated rings. The second kappa shape index (κ2) is 123. The van der Waals surface area contributed by atoms with Gasteiger partial charge in [-0.1, -0.05) is 0 Å². The fraction of sp³-hybridized carbons (Fsp3) is 0. The number of rotatable bonds is 0. The molecule has 0 aromatic heterocycles. The molecule has 0 unspecified atom stereocenters. The Morgan fingerprint density at radius 2 is 1.00 bits per heavy atom. The first-order chi connectivity index (χ1) is 1.00. The second-order valence-electron chi connectivity index (χ2n) is 0. The summed E-state index contributed by atoms with van der Waals surface area (Å²) in [4.78, 5) is 0. The molecule has 0 spiro atoms. The van der Waals surface area contributed by atoms with Crippen LogP contribution in [0.2, 0.25) is 0 Å². The average molecular weight is 164 g/mol. The van der Waals surface area contributed by atoms with Crippen molar-refractivity contribution in [3.63, 3.8) is 0 Å². The van der Waals surface area contributed by atoms with Gasteiger partial charge in [-0.15, -0.1) is 0 Å². The van der Waals surface area contributed by atoms with Gasteiger partial charge in [-0.3, -0.25) is 0 Å². The van der Waals surface area contributed by atoms with Gasteiger partial charge < -0.3 is 11.0 Å². The van der Waals surface area contributed by atoms with Gasteiger partial charge in [0.1, 0.15) is 0 Å². The topological polar surface area (TPSA) is 77.1 Å². The van der Waals surface area contributed by atoms with E-state index in [1.165, 1.54) is 0 Å². The Kier molecular flexibility index (Phi) is 1050. The molecule has 0 atom stereocenters. The van der Waals surface area contributed by atoms with Crippen LogP contribution in [0.3, 0.4) is 0 Å². The van der Waals surface area contributed by atoms with E-state index < -0.39 is 0 Å². The van der Waals surface area contributed by atoms with Gasteiger partial charge in [-0.2, -0.15) is 0 Å². The predicted octanol–water partition coefficient (Wildman–Crippen LogP) is -0.477. The van der Waals surface area contributed by atoms with Crippen molar-refractivity contribution in [2.24, 2.45) is 0 Å². The molecule has 0 aliphatic carbocycles. The molecule has 0 saturated carbocycles. The Labute approximate surface area is 47.8 Å². The van der Waals surface area contributed by atoms with Gasteiger partial charge in [-0.05, 0) is 0 Å². The summed E-state index contributed by atoms with van der Waals surface area (Å²) < 4.78 is 7.88. The molecule has 5 heavy (non-hydrogen) atoms. The first kappa shape index (κ1) is 42.8. The van der Waals surface area contributed by atoms with Crippen LogP contribution in [0.4, 0.5) is 0 Å². The molecule has 0 aromatic rings. The predicted molar refractivity (Wildman–Crippen MR) is 4.56 cm³/mol. The van der Waals surface area contributed by atoms with Crippen molar-refractivity contribution < 1.29 is 47.3 Å². The van der Waals surface area contributed by atoms with E-state index in [1.54, 1.807) is 0 Å². The van der Waals surface area contributed by atoms with Gasteiger partial charge in [0, 0.05) is 0 Å². The zero-order chi connectivity index (χ0) is 2.00. The molecule has 0 aliphatic heterocycles. The first-order valence-electron chi connectivity index (χ1n) is 0.129. The summed E-state index contributed by atoms with van der Waals surface area (Å²) in [5.74, 6) is 0. The van der Waals surface area contributed by atoms with Crippen LogP contribution < -0.4 is 0 Å². The van der Waals surface area contributed by atoms with E-state index in [2.05, 4.69) is 15.4 Å². The van der Waals surface area contributed by atoms with Crippen LogP contribution in [0.5, 0.6) is 0 Å². The van der Waals surface area contributed by atoms with Gasteiger partial charge in [0.25, 0.3) is 0 Å². The Hall–Kier alpha value is 0.733. The molecule has 0 saturated heterocycles. The summed E-state index contributed by atoms with van der Waals surface area (Å²) in [6, 6.07) is 0. The van der Waals surface area contributed by atoms with Crippen LogP contribution in [-0.4, -0.2) is 11.0 Å². The van der Waals surface area contributed by atoms with Crippen LogP contribution in [0, 0.1) is 0 Å². The van der Waals surface area contributed by atoms with Crippen molar-refractivity contribution in [3.05, 3.63) is 0 Å². The SMILES string of the molecule is [Mn+2].[OH-].[OH-].[O]=[Ni]. The molecule has 0 rings (SSSR count). The minimum absolute atomic E-state index is 0. The van der Waals surface area contributed by atoms with Crippen molar-refractivity contribution in [1.82, 2.24) is 0 Å². The van der Waals surface area contributed by atoms with Crippen LogP contribution in [0.25, 0.3) is 0 Å². The molecule has 5 heteroatoms. The van der Waals surface area contributed by atoms with Crippen LogP contribution in [0.15, 0.2) is 0 Å². The Balaban J connectivity index is -0.00000000167. The van der Waals surface area contributed by atoms with Gasteiger partial charge >= 0.3 is 36.4 Å². The van der Waals surface area contributed by atoms with Gasteiger partial charge in [0.05, 0.1) is 0 Å². The van der Waals surface area contributed by atoms with Crippen molar-refractivity contribution in [1.29, 1.82) is 0 Å². The fourth-order valence-electron chi connectivity index (χ4n) is 0. The summed E-state index contributed by atoms with van der Waals surface area (Å²) in [6.45, 7) is 0. The average Bonchev–Trinajstić information content (AvgIpc) is 1.00. The summed E-state index contributed by atoms with van der Waals surface area (Å²) >= 11 is 2.62. The maximum absolute atomic E-state index is 7.88. The Morgan fingerprint density at radius 1 is 1.00 bits per heavy atom. The van der Waals surface area contributed by atoms with Gasteiger partial charge in [-0.25, -0.2) is 0 Å². The van der Waals surface area contributed by atoms with Crippen molar-refractivity contribution in [3.8, 4) is 0 Å². The van der Waals surface area contributed by atoms with E-state index in [9.17, 15) is 0 Å². The third-order valence-corrected chi connectivity index (χ3v) is 0. The molecule has 0 amide bonds. The Bertz CT molecular complexity index is 6.85. The fourth-order valence-corrected chi connectivity index (χ4v) is 0. The normalized spacial score (nSPS) is 1.20. The Morgan fingerprint density at radius 3 is 1.00 bits per heavy atom. The summed E-state index contributed by atoms with van der Waals surface area (Å²) in [5, 5.41) is 0. The zero-order valence-corrected chi connectivity index (χ0v) is 4.16. The van der Waals surface area contributed by atoms with Gasteiger partial charge in [0.2, 0.25) is 0 Å². The molecule has 0 aromatic carbocycles. The van der Waals surface area contributed by atoms with Gasteiger partial charge in [0.15, 0.2) is 0 Å². The second-order valence-corrected chi connectivity index (χ2v) is 0. The van der Waals surface area contributed by atoms with E-state index in [4.69, 9.17) is 3.90 Å². The molecule has 37 valence electrons. The minimum atomic E-state index is 0. The van der Waals surface area contributed by atoms with E-state index in [1.807, 2.05) is 0 Å². The molecular weight excluding hydrogens is 162 g/mol. The van der Waals surface area contributed by atoms with Crippen molar-refractivity contribution in [2.75, 3.05) is 0 Å². The zero-order valence-electron chi connectivity index (χ0n) is 2.00. The standard InChI is InChI=1S/Mn.Ni.2H2O.O/h;;2*1H2;/q+2;;;;/p-2. The molecule has 0 heterocycles. The van der Waals surface area contributed by atoms with E-state index >= 15 is 0 Å². The maximum atomic E-state index is 7.88. The van der Waals surface area contributed by atoms with Crippen LogP contribution in [-0.2, 0) is 36.4 Å². The summed E-state index contributed by atoms with van der Waals surface area (Å²) in [7, 11) is 0. The van der Waals surface area contributed by atoms with Crippen molar-refractivity contribution in [2.45, 2.75) is 0 Å². The molecule has 0 bridgehead atoms. The summed E-state index contributed by atoms with van der Waals surface area (Å²) in [5.41, 5.74) is 0. The quantitative estimate of drug-likeness (QED) is 0.453. The number of hydrogen-bond acceptors (Lipinski definition) is 3. The molecule has 1 radical (unpaired) electrons. The number of hydrogen-bond donors (Lipinski definition) is 0. The van der Waals surface area contributed by atoms with E-state index in [0.29, 0.717) is 0 Å². The molecule has 2 N–H and O–H groups in total. The van der Waals surface area contributed by atoms with E-state index in [0.717, 1.165) is 0 Å². The monoisotopic (exact) mass is 163 g/mol. The van der Waals surface area contributed by atoms with Crippen molar-refractivity contribution >= 4 is 0 Å². The third kappa shape index (κ3) is 65.8. The van der Waals surface area contributed by atoms with Crippen LogP contribution in [0.1, 0.15) is 0 Å². The summed E-state index contributed by atoms with van der Waals surface area (Å²) in [6.07, 6.45) is 0. The molecule has 0 aliphatic rings. The molecular formula is H2MnNiO3.